The lowest BCUT2D eigenvalue weighted by Crippen LogP contribution is -2.37. The number of rotatable bonds is 5. The average molecular weight is 235 g/mol. The third kappa shape index (κ3) is 3.58. The van der Waals surface area contributed by atoms with Gasteiger partial charge in [-0.05, 0) is 57.1 Å². The van der Waals surface area contributed by atoms with Gasteiger partial charge >= 0.3 is 0 Å². The fraction of sp³-hybridized carbons (Fsp3) is 0.714. The standard InChI is InChI=1S/C14H25N3/c1-3-17-9-6-13(7-10-17)11-15-12-14-5-4-8-16(14)2/h4-5,8,13,15H,3,6-7,9-12H2,1-2H3. The zero-order valence-electron chi connectivity index (χ0n) is 11.2. The summed E-state index contributed by atoms with van der Waals surface area (Å²) < 4.78 is 2.19. The van der Waals surface area contributed by atoms with Crippen molar-refractivity contribution in [2.45, 2.75) is 26.3 Å². The highest BCUT2D eigenvalue weighted by atomic mass is 15.1. The molecule has 0 bridgehead atoms. The summed E-state index contributed by atoms with van der Waals surface area (Å²) in [4.78, 5) is 2.55. The number of likely N-dealkylation sites (tertiary alicyclic amines) is 1. The van der Waals surface area contributed by atoms with Crippen LogP contribution < -0.4 is 5.32 Å². The Balaban J connectivity index is 1.65. The van der Waals surface area contributed by atoms with E-state index in [0.717, 1.165) is 12.5 Å². The Morgan fingerprint density at radius 2 is 2.12 bits per heavy atom. The maximum absolute atomic E-state index is 3.59. The van der Waals surface area contributed by atoms with Crippen LogP contribution in [0.4, 0.5) is 0 Å². The fourth-order valence-electron chi connectivity index (χ4n) is 2.59. The van der Waals surface area contributed by atoms with E-state index in [1.807, 2.05) is 0 Å². The Labute approximate surface area is 105 Å². The van der Waals surface area contributed by atoms with Gasteiger partial charge in [-0.15, -0.1) is 0 Å². The summed E-state index contributed by atoms with van der Waals surface area (Å²) in [6.45, 7) is 8.21. The summed E-state index contributed by atoms with van der Waals surface area (Å²) in [6, 6.07) is 4.30. The predicted molar refractivity (Wildman–Crippen MR) is 72.0 cm³/mol. The normalized spacial score (nSPS) is 18.7. The van der Waals surface area contributed by atoms with Gasteiger partial charge in [0, 0.05) is 25.5 Å². The van der Waals surface area contributed by atoms with Crippen molar-refractivity contribution >= 4 is 0 Å². The van der Waals surface area contributed by atoms with Crippen LogP contribution in [0.25, 0.3) is 0 Å². The molecule has 2 rings (SSSR count). The molecule has 0 radical (unpaired) electrons. The first-order valence-corrected chi connectivity index (χ1v) is 6.83. The van der Waals surface area contributed by atoms with Crippen LogP contribution in [-0.4, -0.2) is 35.6 Å². The first-order chi connectivity index (χ1) is 8.29. The first kappa shape index (κ1) is 12.7. The molecule has 0 spiro atoms. The molecule has 96 valence electrons. The highest BCUT2D eigenvalue weighted by Gasteiger charge is 2.17. The number of nitrogens with zero attached hydrogens (tertiary/aromatic N) is 2. The number of aromatic nitrogens is 1. The van der Waals surface area contributed by atoms with E-state index in [1.54, 1.807) is 0 Å². The molecular formula is C14H25N3. The van der Waals surface area contributed by atoms with E-state index >= 15 is 0 Å². The summed E-state index contributed by atoms with van der Waals surface area (Å²) in [5.74, 6) is 0.873. The summed E-state index contributed by atoms with van der Waals surface area (Å²) in [7, 11) is 2.11. The monoisotopic (exact) mass is 235 g/mol. The Kier molecular flexibility index (Phi) is 4.63. The van der Waals surface area contributed by atoms with Crippen LogP contribution in [0.15, 0.2) is 18.3 Å². The van der Waals surface area contributed by atoms with E-state index in [9.17, 15) is 0 Å². The highest BCUT2D eigenvalue weighted by Crippen LogP contribution is 2.15. The van der Waals surface area contributed by atoms with E-state index in [-0.39, 0.29) is 0 Å². The molecule has 0 atom stereocenters. The lowest BCUT2D eigenvalue weighted by molar-refractivity contribution is 0.190. The molecule has 0 aliphatic carbocycles. The van der Waals surface area contributed by atoms with Gasteiger partial charge in [0.2, 0.25) is 0 Å². The van der Waals surface area contributed by atoms with Gasteiger partial charge in [-0.25, -0.2) is 0 Å². The molecular weight excluding hydrogens is 210 g/mol. The lowest BCUT2D eigenvalue weighted by Gasteiger charge is -2.31. The Bertz CT molecular complexity index is 324. The molecule has 0 saturated carbocycles. The SMILES string of the molecule is CCN1CCC(CNCc2cccn2C)CC1. The quantitative estimate of drug-likeness (QED) is 0.840. The number of aryl methyl sites for hydroxylation is 1. The van der Waals surface area contributed by atoms with Gasteiger partial charge in [0.05, 0.1) is 0 Å². The van der Waals surface area contributed by atoms with E-state index in [4.69, 9.17) is 0 Å². The molecule has 1 aromatic rings. The van der Waals surface area contributed by atoms with Crippen molar-refractivity contribution in [1.82, 2.24) is 14.8 Å². The molecule has 2 heterocycles. The lowest BCUT2D eigenvalue weighted by atomic mass is 9.97. The Morgan fingerprint density at radius 1 is 1.35 bits per heavy atom. The largest absolute Gasteiger partial charge is 0.353 e. The molecule has 0 aromatic carbocycles. The molecule has 1 N–H and O–H groups in total. The van der Waals surface area contributed by atoms with Crippen LogP contribution in [0, 0.1) is 5.92 Å². The van der Waals surface area contributed by atoms with Crippen molar-refractivity contribution in [2.75, 3.05) is 26.2 Å². The van der Waals surface area contributed by atoms with Crippen LogP contribution in [0.1, 0.15) is 25.5 Å². The summed E-state index contributed by atoms with van der Waals surface area (Å²) in [5.41, 5.74) is 1.37. The maximum atomic E-state index is 3.59. The fourth-order valence-corrected chi connectivity index (χ4v) is 2.59. The predicted octanol–water partition coefficient (Wildman–Crippen LogP) is 1.85. The third-order valence-corrected chi connectivity index (χ3v) is 3.94. The molecule has 0 amide bonds. The summed E-state index contributed by atoms with van der Waals surface area (Å²) >= 11 is 0. The third-order valence-electron chi connectivity index (χ3n) is 3.94. The van der Waals surface area contributed by atoms with Crippen LogP contribution in [0.3, 0.4) is 0 Å². The number of nitrogens with one attached hydrogen (secondary N) is 1. The molecule has 1 aliphatic rings. The molecule has 1 aliphatic heterocycles. The van der Waals surface area contributed by atoms with Gasteiger partial charge in [-0.2, -0.15) is 0 Å². The highest BCUT2D eigenvalue weighted by molar-refractivity contribution is 5.05. The molecule has 1 aromatic heterocycles. The second-order valence-corrected chi connectivity index (χ2v) is 5.12. The maximum Gasteiger partial charge on any atom is 0.0359 e. The van der Waals surface area contributed by atoms with Crippen molar-refractivity contribution in [1.29, 1.82) is 0 Å². The Hall–Kier alpha value is -0.800. The van der Waals surface area contributed by atoms with E-state index < -0.39 is 0 Å². The van der Waals surface area contributed by atoms with Crippen LogP contribution >= 0.6 is 0 Å². The number of piperidine rings is 1. The molecule has 1 saturated heterocycles. The molecule has 17 heavy (non-hydrogen) atoms. The second-order valence-electron chi connectivity index (χ2n) is 5.12. The minimum absolute atomic E-state index is 0.873. The van der Waals surface area contributed by atoms with Gasteiger partial charge in [0.15, 0.2) is 0 Å². The van der Waals surface area contributed by atoms with Gasteiger partial charge in [0.1, 0.15) is 0 Å². The minimum atomic E-state index is 0.873. The van der Waals surface area contributed by atoms with Gasteiger partial charge < -0.3 is 14.8 Å². The molecule has 0 unspecified atom stereocenters. The van der Waals surface area contributed by atoms with Gasteiger partial charge in [0.25, 0.3) is 0 Å². The topological polar surface area (TPSA) is 20.2 Å². The number of hydrogen-bond acceptors (Lipinski definition) is 2. The minimum Gasteiger partial charge on any atom is -0.353 e. The molecule has 3 nitrogen and oxygen atoms in total. The zero-order chi connectivity index (χ0) is 12.1. The van der Waals surface area contributed by atoms with Gasteiger partial charge in [-0.3, -0.25) is 0 Å². The smallest absolute Gasteiger partial charge is 0.0359 e. The van der Waals surface area contributed by atoms with Crippen molar-refractivity contribution in [3.8, 4) is 0 Å². The summed E-state index contributed by atoms with van der Waals surface area (Å²) in [5, 5.41) is 3.59. The first-order valence-electron chi connectivity index (χ1n) is 6.83. The molecule has 3 heteroatoms. The van der Waals surface area contributed by atoms with E-state index in [1.165, 1.54) is 44.7 Å². The van der Waals surface area contributed by atoms with Gasteiger partial charge in [-0.1, -0.05) is 6.92 Å². The van der Waals surface area contributed by atoms with E-state index in [0.29, 0.717) is 0 Å². The van der Waals surface area contributed by atoms with Crippen molar-refractivity contribution in [3.63, 3.8) is 0 Å². The zero-order valence-corrected chi connectivity index (χ0v) is 11.2. The van der Waals surface area contributed by atoms with Crippen molar-refractivity contribution in [2.24, 2.45) is 13.0 Å². The van der Waals surface area contributed by atoms with Crippen molar-refractivity contribution in [3.05, 3.63) is 24.0 Å². The van der Waals surface area contributed by atoms with Crippen LogP contribution in [-0.2, 0) is 13.6 Å². The second kappa shape index (κ2) is 6.22. The average Bonchev–Trinajstić information content (AvgIpc) is 2.76. The van der Waals surface area contributed by atoms with Crippen LogP contribution in [0.5, 0.6) is 0 Å². The van der Waals surface area contributed by atoms with E-state index in [2.05, 4.69) is 47.1 Å². The number of hydrogen-bond donors (Lipinski definition) is 1. The van der Waals surface area contributed by atoms with Crippen molar-refractivity contribution < 1.29 is 0 Å². The van der Waals surface area contributed by atoms with Crippen LogP contribution in [0.2, 0.25) is 0 Å². The molecule has 1 fully saturated rings. The summed E-state index contributed by atoms with van der Waals surface area (Å²) in [6.07, 6.45) is 4.82. The Morgan fingerprint density at radius 3 is 2.71 bits per heavy atom.